The largest absolute Gasteiger partial charge is 0.332 e. The maximum absolute atomic E-state index is 12.6. The molecule has 0 aromatic heterocycles. The second-order valence-corrected chi connectivity index (χ2v) is 10.5. The van der Waals surface area contributed by atoms with Gasteiger partial charge in [-0.15, -0.1) is 0 Å². The molecular weight excluding hydrogens is 388 g/mol. The second kappa shape index (κ2) is 8.24. The van der Waals surface area contributed by atoms with Gasteiger partial charge in [0.1, 0.15) is 5.88 Å². The number of nitrogens with one attached hydrogen (secondary N) is 2. The van der Waals surface area contributed by atoms with Crippen molar-refractivity contribution in [3.63, 3.8) is 0 Å². The molecule has 2 N–H and O–H groups in total. The predicted octanol–water partition coefficient (Wildman–Crippen LogP) is 2.10. The number of anilines is 1. The topological polar surface area (TPSA) is 81.8 Å². The van der Waals surface area contributed by atoms with Gasteiger partial charge in [-0.25, -0.2) is 17.9 Å². The standard InChI is InChI=1S/C21H32N4O3S/c1-24(2)17-9-11-25(12-10-17)14-29(27,28)23-21(26)22-20-18-7-3-5-15(18)13-16-6-4-8-19(16)20/h13,17H,3-12,14H2,1-2H3,(H2,22,23,26). The molecule has 8 heteroatoms. The zero-order chi connectivity index (χ0) is 20.6. The lowest BCUT2D eigenvalue weighted by atomic mass is 9.99. The second-order valence-electron chi connectivity index (χ2n) is 8.85. The quantitative estimate of drug-likeness (QED) is 0.762. The molecule has 0 bridgehead atoms. The van der Waals surface area contributed by atoms with Gasteiger partial charge in [-0.05, 0) is 87.7 Å². The summed E-state index contributed by atoms with van der Waals surface area (Å²) >= 11 is 0. The number of likely N-dealkylation sites (tertiary alicyclic amines) is 1. The lowest BCUT2D eigenvalue weighted by Gasteiger charge is -2.34. The molecule has 2 amide bonds. The average molecular weight is 421 g/mol. The third kappa shape index (κ3) is 4.59. The van der Waals surface area contributed by atoms with Crippen molar-refractivity contribution in [3.8, 4) is 0 Å². The van der Waals surface area contributed by atoms with Gasteiger partial charge in [0, 0.05) is 24.8 Å². The van der Waals surface area contributed by atoms with Gasteiger partial charge >= 0.3 is 6.03 Å². The molecule has 4 rings (SSSR count). The number of urea groups is 1. The SMILES string of the molecule is CN(C)C1CCN(CS(=O)(=O)NC(=O)Nc2c3c(cc4c2CCC4)CCC3)CC1. The first-order valence-corrected chi connectivity index (χ1v) is 12.3. The molecule has 0 spiro atoms. The van der Waals surface area contributed by atoms with Crippen LogP contribution in [0.1, 0.15) is 47.9 Å². The Bertz CT molecular complexity index is 857. The van der Waals surface area contributed by atoms with Gasteiger partial charge < -0.3 is 10.2 Å². The number of hydrogen-bond donors (Lipinski definition) is 2. The Morgan fingerprint density at radius 2 is 1.66 bits per heavy atom. The lowest BCUT2D eigenvalue weighted by molar-refractivity contribution is 0.159. The van der Waals surface area contributed by atoms with E-state index in [1.165, 1.54) is 22.3 Å². The van der Waals surface area contributed by atoms with Gasteiger partial charge in [0.05, 0.1) is 0 Å². The molecule has 2 aliphatic carbocycles. The van der Waals surface area contributed by atoms with Gasteiger partial charge in [-0.3, -0.25) is 4.90 Å². The van der Waals surface area contributed by atoms with E-state index in [1.54, 1.807) is 0 Å². The minimum atomic E-state index is -3.72. The third-order valence-electron chi connectivity index (χ3n) is 6.60. The Labute approximate surface area is 173 Å². The van der Waals surface area contributed by atoms with Gasteiger partial charge in [-0.2, -0.15) is 0 Å². The Balaban J connectivity index is 1.39. The minimum absolute atomic E-state index is 0.133. The number of piperidine rings is 1. The normalized spacial score (nSPS) is 20.0. The number of aryl methyl sites for hydroxylation is 2. The van der Waals surface area contributed by atoms with Crippen molar-refractivity contribution in [1.82, 2.24) is 14.5 Å². The number of rotatable bonds is 5. The first-order chi connectivity index (χ1) is 13.8. The molecule has 1 aromatic rings. The fraction of sp³-hybridized carbons (Fsp3) is 0.667. The molecule has 3 aliphatic rings. The van der Waals surface area contributed by atoms with Gasteiger partial charge in [0.2, 0.25) is 10.0 Å². The zero-order valence-corrected chi connectivity index (χ0v) is 18.3. The Morgan fingerprint density at radius 1 is 1.07 bits per heavy atom. The summed E-state index contributed by atoms with van der Waals surface area (Å²) in [5.74, 6) is -0.133. The molecular formula is C21H32N4O3S. The van der Waals surface area contributed by atoms with E-state index < -0.39 is 16.1 Å². The van der Waals surface area contributed by atoms with Crippen molar-refractivity contribution in [2.24, 2.45) is 0 Å². The Morgan fingerprint density at radius 3 is 2.21 bits per heavy atom. The number of fused-ring (bicyclic) bond motifs is 2. The predicted molar refractivity (Wildman–Crippen MR) is 115 cm³/mol. The van der Waals surface area contributed by atoms with Crippen LogP contribution in [0.5, 0.6) is 0 Å². The third-order valence-corrected chi connectivity index (χ3v) is 7.80. The summed E-state index contributed by atoms with van der Waals surface area (Å²) in [5, 5.41) is 2.90. The van der Waals surface area contributed by atoms with Crippen LogP contribution in [0.2, 0.25) is 0 Å². The molecule has 0 unspecified atom stereocenters. The Hall–Kier alpha value is -1.64. The van der Waals surface area contributed by atoms with Gasteiger partial charge in [-0.1, -0.05) is 6.07 Å². The summed E-state index contributed by atoms with van der Waals surface area (Å²) in [7, 11) is 0.395. The van der Waals surface area contributed by atoms with E-state index in [-0.39, 0.29) is 5.88 Å². The molecule has 1 aromatic carbocycles. The highest BCUT2D eigenvalue weighted by Gasteiger charge is 2.28. The maximum Gasteiger partial charge on any atom is 0.332 e. The number of carbonyl (C=O) groups excluding carboxylic acids is 1. The van der Waals surface area contributed by atoms with Gasteiger partial charge in [0.15, 0.2) is 0 Å². The number of carbonyl (C=O) groups is 1. The molecule has 160 valence electrons. The van der Waals surface area contributed by atoms with E-state index in [1.807, 2.05) is 4.90 Å². The number of amides is 2. The molecule has 29 heavy (non-hydrogen) atoms. The summed E-state index contributed by atoms with van der Waals surface area (Å²) in [6, 6.07) is 2.15. The molecule has 1 heterocycles. The molecule has 1 aliphatic heterocycles. The summed E-state index contributed by atoms with van der Waals surface area (Å²) in [4.78, 5) is 16.7. The summed E-state index contributed by atoms with van der Waals surface area (Å²) < 4.78 is 27.4. The van der Waals surface area contributed by atoms with Crippen LogP contribution in [-0.2, 0) is 35.7 Å². The van der Waals surface area contributed by atoms with Crippen LogP contribution in [0.4, 0.5) is 10.5 Å². The van der Waals surface area contributed by atoms with Crippen molar-refractivity contribution in [1.29, 1.82) is 0 Å². The average Bonchev–Trinajstić information content (AvgIpc) is 3.30. The van der Waals surface area contributed by atoms with E-state index in [4.69, 9.17) is 0 Å². The van der Waals surface area contributed by atoms with Crippen molar-refractivity contribution >= 4 is 21.7 Å². The van der Waals surface area contributed by atoms with Crippen LogP contribution < -0.4 is 10.0 Å². The van der Waals surface area contributed by atoms with Crippen molar-refractivity contribution in [2.75, 3.05) is 38.4 Å². The fourth-order valence-electron chi connectivity index (χ4n) is 5.08. The molecule has 0 saturated carbocycles. The van der Waals surface area contributed by atoms with Crippen LogP contribution in [0, 0.1) is 0 Å². The summed E-state index contributed by atoms with van der Waals surface area (Å²) in [5.41, 5.74) is 5.89. The first-order valence-electron chi connectivity index (χ1n) is 10.7. The van der Waals surface area contributed by atoms with Crippen molar-refractivity contribution in [3.05, 3.63) is 28.3 Å². The van der Waals surface area contributed by atoms with E-state index in [2.05, 4.69) is 35.1 Å². The number of sulfonamides is 1. The van der Waals surface area contributed by atoms with Crippen molar-refractivity contribution in [2.45, 2.75) is 57.4 Å². The summed E-state index contributed by atoms with van der Waals surface area (Å²) in [6.07, 6.45) is 8.05. The van der Waals surface area contributed by atoms with Crippen LogP contribution in [0.25, 0.3) is 0 Å². The fourth-order valence-corrected chi connectivity index (χ4v) is 6.22. The minimum Gasteiger partial charge on any atom is -0.307 e. The molecule has 0 atom stereocenters. The highest BCUT2D eigenvalue weighted by Crippen LogP contribution is 2.38. The zero-order valence-electron chi connectivity index (χ0n) is 17.5. The number of benzene rings is 1. The maximum atomic E-state index is 12.6. The van der Waals surface area contributed by atoms with Gasteiger partial charge in [0.25, 0.3) is 0 Å². The molecule has 7 nitrogen and oxygen atoms in total. The van der Waals surface area contributed by atoms with E-state index >= 15 is 0 Å². The van der Waals surface area contributed by atoms with Crippen LogP contribution in [0.3, 0.4) is 0 Å². The van der Waals surface area contributed by atoms with Crippen LogP contribution >= 0.6 is 0 Å². The highest BCUT2D eigenvalue weighted by atomic mass is 32.2. The van der Waals surface area contributed by atoms with Crippen LogP contribution in [-0.4, -0.2) is 63.4 Å². The number of nitrogens with zero attached hydrogens (tertiary/aromatic N) is 2. The van der Waals surface area contributed by atoms with Crippen molar-refractivity contribution < 1.29 is 13.2 Å². The molecule has 1 fully saturated rings. The monoisotopic (exact) mass is 420 g/mol. The van der Waals surface area contributed by atoms with E-state index in [0.717, 1.165) is 70.1 Å². The van der Waals surface area contributed by atoms with Crippen LogP contribution in [0.15, 0.2) is 6.07 Å². The summed E-state index contributed by atoms with van der Waals surface area (Å²) in [6.45, 7) is 1.45. The first kappa shape index (κ1) is 20.6. The smallest absolute Gasteiger partial charge is 0.307 e. The Kier molecular flexibility index (Phi) is 5.86. The van der Waals surface area contributed by atoms with E-state index in [0.29, 0.717) is 6.04 Å². The van der Waals surface area contributed by atoms with E-state index in [9.17, 15) is 13.2 Å². The highest BCUT2D eigenvalue weighted by molar-refractivity contribution is 7.89. The lowest BCUT2D eigenvalue weighted by Crippen LogP contribution is -2.47. The molecule has 0 radical (unpaired) electrons. The molecule has 1 saturated heterocycles. The number of hydrogen-bond acceptors (Lipinski definition) is 5.